The maximum absolute atomic E-state index is 14.7. The molecule has 172 valence electrons. The zero-order valence-electron chi connectivity index (χ0n) is 18.6. The molecule has 5 nitrogen and oxygen atoms in total. The van der Waals surface area contributed by atoms with Gasteiger partial charge >= 0.3 is 13.1 Å². The van der Waals surface area contributed by atoms with Crippen molar-refractivity contribution in [2.45, 2.75) is 70.5 Å². The van der Waals surface area contributed by atoms with E-state index in [1.165, 1.54) is 44.6 Å². The summed E-state index contributed by atoms with van der Waals surface area (Å²) in [6, 6.07) is 3.13. The van der Waals surface area contributed by atoms with E-state index in [1.807, 2.05) is 6.08 Å². The highest BCUT2D eigenvalue weighted by molar-refractivity contribution is 6.61. The molecular weight excluding hydrogens is 410 g/mol. The van der Waals surface area contributed by atoms with E-state index in [1.54, 1.807) is 6.07 Å². The average molecular weight is 442 g/mol. The van der Waals surface area contributed by atoms with Crippen LogP contribution in [0.4, 0.5) is 4.39 Å². The van der Waals surface area contributed by atoms with Crippen molar-refractivity contribution in [1.29, 1.82) is 0 Å². The molecule has 32 heavy (non-hydrogen) atoms. The number of carbonyl (C=O) groups is 1. The Morgan fingerprint density at radius 3 is 2.91 bits per heavy atom. The Bertz CT molecular complexity index is 891. The standard InChI is InChI=1S/C25H32BFO5/c1-2-16-9-12-25-10-3-5-18(19(25)6-4-11-25)21(13-16)32-22(28)15-30-20-8-7-17-14-31-26(29)23(17)24(20)27/h2,7-8,16,18-19,21,29H,1,3-6,9-15H2. The summed E-state index contributed by atoms with van der Waals surface area (Å²) in [6.45, 7) is 3.83. The lowest BCUT2D eigenvalue weighted by Gasteiger charge is -2.49. The number of rotatable bonds is 5. The molecule has 0 radical (unpaired) electrons. The highest BCUT2D eigenvalue weighted by Gasteiger charge is 2.52. The van der Waals surface area contributed by atoms with E-state index >= 15 is 0 Å². The smallest absolute Gasteiger partial charge is 0.479 e. The van der Waals surface area contributed by atoms with Crippen LogP contribution in [0.2, 0.25) is 0 Å². The van der Waals surface area contributed by atoms with Crippen molar-refractivity contribution < 1.29 is 28.3 Å². The van der Waals surface area contributed by atoms with E-state index in [9.17, 15) is 14.2 Å². The third-order valence-electron chi connectivity index (χ3n) is 8.57. The number of esters is 1. The van der Waals surface area contributed by atoms with Crippen LogP contribution in [0.25, 0.3) is 0 Å². The normalized spacial score (nSPS) is 33.6. The largest absolute Gasteiger partial charge is 0.494 e. The summed E-state index contributed by atoms with van der Waals surface area (Å²) in [5.74, 6) is 0.159. The van der Waals surface area contributed by atoms with Gasteiger partial charge in [0.1, 0.15) is 6.10 Å². The Kier molecular flexibility index (Phi) is 6.06. The van der Waals surface area contributed by atoms with Crippen molar-refractivity contribution in [2.75, 3.05) is 6.61 Å². The summed E-state index contributed by atoms with van der Waals surface area (Å²) < 4.78 is 31.3. The summed E-state index contributed by atoms with van der Waals surface area (Å²) in [5.41, 5.74) is 1.10. The van der Waals surface area contributed by atoms with Gasteiger partial charge in [0.15, 0.2) is 18.2 Å². The van der Waals surface area contributed by atoms with Crippen molar-refractivity contribution in [3.05, 3.63) is 36.2 Å². The molecule has 0 spiro atoms. The summed E-state index contributed by atoms with van der Waals surface area (Å²) in [4.78, 5) is 12.8. The number of carbonyl (C=O) groups excluding carboxylic acids is 1. The minimum atomic E-state index is -1.30. The van der Waals surface area contributed by atoms with Crippen LogP contribution in [0.5, 0.6) is 5.75 Å². The van der Waals surface area contributed by atoms with Crippen LogP contribution < -0.4 is 10.2 Å². The van der Waals surface area contributed by atoms with Gasteiger partial charge in [0.2, 0.25) is 0 Å². The fourth-order valence-corrected chi connectivity index (χ4v) is 7.04. The van der Waals surface area contributed by atoms with Gasteiger partial charge in [0.05, 0.1) is 6.61 Å². The maximum atomic E-state index is 14.7. The van der Waals surface area contributed by atoms with Gasteiger partial charge in [-0.25, -0.2) is 9.18 Å². The highest BCUT2D eigenvalue weighted by atomic mass is 19.1. The molecule has 1 aromatic rings. The Hall–Kier alpha value is -1.86. The SMILES string of the molecule is C=CC1CCC23CCCC(C(OC(=O)COc4ccc5c(c4F)B(O)OC5)C1)C2CCC3. The zero-order chi connectivity index (χ0) is 22.3. The second-order valence-corrected chi connectivity index (χ2v) is 10.1. The molecule has 5 unspecified atom stereocenters. The predicted molar refractivity (Wildman–Crippen MR) is 119 cm³/mol. The summed E-state index contributed by atoms with van der Waals surface area (Å²) in [7, 11) is -1.30. The van der Waals surface area contributed by atoms with E-state index in [0.29, 0.717) is 28.7 Å². The number of benzene rings is 1. The minimum absolute atomic E-state index is 0.0700. The molecule has 1 heterocycles. The van der Waals surface area contributed by atoms with Crippen LogP contribution in [0, 0.1) is 29.0 Å². The van der Waals surface area contributed by atoms with Crippen molar-refractivity contribution in [3.63, 3.8) is 0 Å². The summed E-state index contributed by atoms with van der Waals surface area (Å²) >= 11 is 0. The molecule has 5 rings (SSSR count). The summed E-state index contributed by atoms with van der Waals surface area (Å²) in [5, 5.41) is 9.82. The number of allylic oxidation sites excluding steroid dienone is 1. The Balaban J connectivity index is 1.28. The van der Waals surface area contributed by atoms with Gasteiger partial charge in [-0.1, -0.05) is 25.0 Å². The second kappa shape index (κ2) is 8.83. The lowest BCUT2D eigenvalue weighted by molar-refractivity contribution is -0.160. The van der Waals surface area contributed by atoms with Gasteiger partial charge in [-0.2, -0.15) is 0 Å². The molecule has 0 amide bonds. The molecule has 1 aliphatic heterocycles. The van der Waals surface area contributed by atoms with Crippen LogP contribution in [0.15, 0.2) is 24.8 Å². The fraction of sp³-hybridized carbons (Fsp3) is 0.640. The van der Waals surface area contributed by atoms with Crippen LogP contribution in [-0.4, -0.2) is 30.8 Å². The van der Waals surface area contributed by atoms with Gasteiger partial charge < -0.3 is 19.2 Å². The number of hydrogen-bond donors (Lipinski definition) is 1. The van der Waals surface area contributed by atoms with Gasteiger partial charge in [-0.05, 0) is 79.7 Å². The topological polar surface area (TPSA) is 65.0 Å². The molecule has 3 saturated carbocycles. The van der Waals surface area contributed by atoms with E-state index < -0.39 is 18.9 Å². The number of ether oxygens (including phenoxy) is 2. The first-order valence-corrected chi connectivity index (χ1v) is 12.1. The van der Waals surface area contributed by atoms with Crippen molar-refractivity contribution in [3.8, 4) is 5.75 Å². The molecule has 5 atom stereocenters. The second-order valence-electron chi connectivity index (χ2n) is 10.1. The summed E-state index contributed by atoms with van der Waals surface area (Å²) in [6.07, 6.45) is 12.5. The van der Waals surface area contributed by atoms with Crippen molar-refractivity contribution >= 4 is 18.6 Å². The molecule has 0 saturated heterocycles. The first-order valence-electron chi connectivity index (χ1n) is 12.1. The lowest BCUT2D eigenvalue weighted by atomic mass is 9.57. The Labute approximate surface area is 189 Å². The van der Waals surface area contributed by atoms with Crippen molar-refractivity contribution in [2.24, 2.45) is 23.2 Å². The van der Waals surface area contributed by atoms with Gasteiger partial charge in [0.25, 0.3) is 0 Å². The first kappa shape index (κ1) is 22.0. The molecule has 2 bridgehead atoms. The molecule has 3 fully saturated rings. The molecule has 4 aliphatic rings. The molecule has 1 aromatic carbocycles. The molecule has 1 N–H and O–H groups in total. The molecular formula is C25H32BFO5. The Morgan fingerprint density at radius 2 is 2.09 bits per heavy atom. The van der Waals surface area contributed by atoms with Crippen LogP contribution >= 0.6 is 0 Å². The molecule has 7 heteroatoms. The van der Waals surface area contributed by atoms with Gasteiger partial charge in [-0.3, -0.25) is 0 Å². The quantitative estimate of drug-likeness (QED) is 0.426. The van der Waals surface area contributed by atoms with Crippen LogP contribution in [0.3, 0.4) is 0 Å². The lowest BCUT2D eigenvalue weighted by Crippen LogP contribution is -2.45. The predicted octanol–water partition coefficient (Wildman–Crippen LogP) is 3.91. The fourth-order valence-electron chi connectivity index (χ4n) is 7.04. The third kappa shape index (κ3) is 3.88. The number of hydrogen-bond acceptors (Lipinski definition) is 5. The zero-order valence-corrected chi connectivity index (χ0v) is 18.6. The minimum Gasteiger partial charge on any atom is -0.479 e. The monoisotopic (exact) mass is 442 g/mol. The van der Waals surface area contributed by atoms with Crippen LogP contribution in [-0.2, 0) is 20.8 Å². The van der Waals surface area contributed by atoms with Gasteiger partial charge in [-0.15, -0.1) is 6.58 Å². The Morgan fingerprint density at radius 1 is 1.28 bits per heavy atom. The number of fused-ring (bicyclic) bond motifs is 1. The molecule has 3 aliphatic carbocycles. The van der Waals surface area contributed by atoms with Crippen molar-refractivity contribution in [1.82, 2.24) is 0 Å². The first-order chi connectivity index (χ1) is 15.5. The van der Waals surface area contributed by atoms with E-state index in [2.05, 4.69) is 6.58 Å². The average Bonchev–Trinajstić information content (AvgIpc) is 3.38. The van der Waals surface area contributed by atoms with Crippen LogP contribution in [0.1, 0.15) is 63.4 Å². The van der Waals surface area contributed by atoms with E-state index in [4.69, 9.17) is 14.1 Å². The van der Waals surface area contributed by atoms with Gasteiger partial charge in [0, 0.05) is 5.46 Å². The number of halogens is 1. The van der Waals surface area contributed by atoms with E-state index in [-0.39, 0.29) is 30.5 Å². The maximum Gasteiger partial charge on any atom is 0.494 e. The third-order valence-corrected chi connectivity index (χ3v) is 8.57. The highest BCUT2D eigenvalue weighted by Crippen LogP contribution is 2.60. The van der Waals surface area contributed by atoms with E-state index in [0.717, 1.165) is 19.3 Å². The molecule has 0 aromatic heterocycles.